The van der Waals surface area contributed by atoms with Gasteiger partial charge in [-0.15, -0.1) is 0 Å². The molecule has 2 nitrogen and oxygen atoms in total. The number of rotatable bonds is 2. The molecule has 1 saturated carbocycles. The third-order valence-corrected chi connectivity index (χ3v) is 2.53. The van der Waals surface area contributed by atoms with Crippen molar-refractivity contribution < 1.29 is 13.2 Å². The van der Waals surface area contributed by atoms with Gasteiger partial charge in [-0.2, -0.15) is 0 Å². The fraction of sp³-hybridized carbons (Fsp3) is 0.400. The van der Waals surface area contributed by atoms with E-state index in [1.54, 1.807) is 0 Å². The highest BCUT2D eigenvalue weighted by atomic mass is 19.2. The molecule has 0 amide bonds. The third-order valence-electron chi connectivity index (χ3n) is 2.53. The lowest BCUT2D eigenvalue weighted by Gasteiger charge is -2.33. The number of benzene rings is 1. The zero-order valence-corrected chi connectivity index (χ0v) is 7.93. The topological polar surface area (TPSA) is 38.0 Å². The van der Waals surface area contributed by atoms with Gasteiger partial charge in [0.15, 0.2) is 11.6 Å². The van der Waals surface area contributed by atoms with E-state index in [2.05, 4.69) is 5.32 Å². The largest absolute Gasteiger partial charge is 0.380 e. The Hall–Kier alpha value is -1.23. The van der Waals surface area contributed by atoms with E-state index in [0.29, 0.717) is 18.9 Å². The third kappa shape index (κ3) is 2.07. The Kier molecular flexibility index (Phi) is 2.56. The van der Waals surface area contributed by atoms with Crippen LogP contribution in [0, 0.1) is 17.5 Å². The van der Waals surface area contributed by atoms with E-state index in [1.807, 2.05) is 0 Å². The molecule has 0 bridgehead atoms. The fourth-order valence-corrected chi connectivity index (χ4v) is 1.66. The van der Waals surface area contributed by atoms with Gasteiger partial charge in [0.2, 0.25) is 0 Å². The molecule has 15 heavy (non-hydrogen) atoms. The molecule has 0 atom stereocenters. The van der Waals surface area contributed by atoms with Crippen LogP contribution in [0.5, 0.6) is 0 Å². The number of nitrogens with one attached hydrogen (secondary N) is 1. The average molecular weight is 216 g/mol. The summed E-state index contributed by atoms with van der Waals surface area (Å²) in [7, 11) is 0. The van der Waals surface area contributed by atoms with Crippen LogP contribution in [0.2, 0.25) is 0 Å². The van der Waals surface area contributed by atoms with Crippen LogP contribution >= 0.6 is 0 Å². The molecule has 3 N–H and O–H groups in total. The zero-order chi connectivity index (χ0) is 11.0. The predicted molar refractivity (Wildman–Crippen MR) is 50.9 cm³/mol. The maximum atomic E-state index is 13.2. The fourth-order valence-electron chi connectivity index (χ4n) is 1.66. The Morgan fingerprint density at radius 2 is 1.87 bits per heavy atom. The van der Waals surface area contributed by atoms with Crippen molar-refractivity contribution in [2.24, 2.45) is 5.73 Å². The van der Waals surface area contributed by atoms with E-state index in [4.69, 9.17) is 5.73 Å². The van der Waals surface area contributed by atoms with Gasteiger partial charge in [0, 0.05) is 24.2 Å². The molecule has 0 radical (unpaired) electrons. The SMILES string of the molecule is NC1CC(Nc2cc(F)cc(F)c2F)C1. The highest BCUT2D eigenvalue weighted by Crippen LogP contribution is 2.26. The second-order valence-corrected chi connectivity index (χ2v) is 3.82. The quantitative estimate of drug-likeness (QED) is 0.742. The summed E-state index contributed by atoms with van der Waals surface area (Å²) in [6.45, 7) is 0. The van der Waals surface area contributed by atoms with Crippen LogP contribution in [0.1, 0.15) is 12.8 Å². The highest BCUT2D eigenvalue weighted by Gasteiger charge is 2.26. The van der Waals surface area contributed by atoms with Crippen molar-refractivity contribution >= 4 is 5.69 Å². The molecule has 0 aromatic heterocycles. The van der Waals surface area contributed by atoms with Crippen molar-refractivity contribution in [1.82, 2.24) is 0 Å². The van der Waals surface area contributed by atoms with E-state index in [-0.39, 0.29) is 17.8 Å². The second-order valence-electron chi connectivity index (χ2n) is 3.82. The molecule has 1 aliphatic rings. The van der Waals surface area contributed by atoms with Gasteiger partial charge in [-0.25, -0.2) is 13.2 Å². The predicted octanol–water partition coefficient (Wildman–Crippen LogP) is 2.01. The lowest BCUT2D eigenvalue weighted by atomic mass is 9.87. The maximum Gasteiger partial charge on any atom is 0.182 e. The summed E-state index contributed by atoms with van der Waals surface area (Å²) < 4.78 is 38.8. The Balaban J connectivity index is 2.13. The van der Waals surface area contributed by atoms with Gasteiger partial charge in [-0.05, 0) is 12.8 Å². The highest BCUT2D eigenvalue weighted by molar-refractivity contribution is 5.46. The molecular formula is C10H11F3N2. The molecule has 0 aliphatic heterocycles. The van der Waals surface area contributed by atoms with E-state index in [0.717, 1.165) is 6.07 Å². The zero-order valence-electron chi connectivity index (χ0n) is 7.93. The van der Waals surface area contributed by atoms with Gasteiger partial charge in [-0.1, -0.05) is 0 Å². The summed E-state index contributed by atoms with van der Waals surface area (Å²) in [6.07, 6.45) is 1.38. The van der Waals surface area contributed by atoms with E-state index in [1.165, 1.54) is 0 Å². The lowest BCUT2D eigenvalue weighted by Crippen LogP contribution is -2.44. The summed E-state index contributed by atoms with van der Waals surface area (Å²) in [5.41, 5.74) is 5.40. The molecule has 0 spiro atoms. The number of nitrogens with two attached hydrogens (primary N) is 1. The van der Waals surface area contributed by atoms with Gasteiger partial charge in [-0.3, -0.25) is 0 Å². The molecule has 0 unspecified atom stereocenters. The minimum atomic E-state index is -1.18. The van der Waals surface area contributed by atoms with Gasteiger partial charge in [0.05, 0.1) is 5.69 Å². The Labute approximate surface area is 85.3 Å². The Bertz CT molecular complexity index is 375. The van der Waals surface area contributed by atoms with E-state index >= 15 is 0 Å². The van der Waals surface area contributed by atoms with Crippen LogP contribution in [-0.4, -0.2) is 12.1 Å². The van der Waals surface area contributed by atoms with Gasteiger partial charge >= 0.3 is 0 Å². The second kappa shape index (κ2) is 3.73. The molecule has 0 heterocycles. The Morgan fingerprint density at radius 1 is 1.20 bits per heavy atom. The average Bonchev–Trinajstić information content (AvgIpc) is 2.10. The van der Waals surface area contributed by atoms with Crippen LogP contribution in [0.25, 0.3) is 0 Å². The number of hydrogen-bond acceptors (Lipinski definition) is 2. The normalized spacial score (nSPS) is 24.8. The number of anilines is 1. The first-order chi connectivity index (χ1) is 7.06. The minimum absolute atomic E-state index is 0.00991. The monoisotopic (exact) mass is 216 g/mol. The van der Waals surface area contributed by atoms with E-state index in [9.17, 15) is 13.2 Å². The maximum absolute atomic E-state index is 13.2. The molecule has 5 heteroatoms. The van der Waals surface area contributed by atoms with Crippen molar-refractivity contribution in [2.45, 2.75) is 24.9 Å². The first-order valence-electron chi connectivity index (χ1n) is 4.73. The summed E-state index contributed by atoms with van der Waals surface area (Å²) in [5.74, 6) is -3.02. The number of hydrogen-bond donors (Lipinski definition) is 2. The standard InChI is InChI=1S/C10H11F3N2/c11-5-1-8(12)10(13)9(2-5)15-7-3-6(14)4-7/h1-2,6-7,15H,3-4,14H2. The van der Waals surface area contributed by atoms with Gasteiger partial charge < -0.3 is 11.1 Å². The van der Waals surface area contributed by atoms with Crippen LogP contribution < -0.4 is 11.1 Å². The number of halogens is 3. The molecule has 82 valence electrons. The van der Waals surface area contributed by atoms with Crippen LogP contribution in [-0.2, 0) is 0 Å². The van der Waals surface area contributed by atoms with Crippen molar-refractivity contribution in [3.05, 3.63) is 29.6 Å². The Morgan fingerprint density at radius 3 is 2.47 bits per heavy atom. The smallest absolute Gasteiger partial charge is 0.182 e. The van der Waals surface area contributed by atoms with Crippen molar-refractivity contribution in [2.75, 3.05) is 5.32 Å². The van der Waals surface area contributed by atoms with E-state index < -0.39 is 17.5 Å². The first-order valence-corrected chi connectivity index (χ1v) is 4.73. The summed E-state index contributed by atoms with van der Waals surface area (Å²) >= 11 is 0. The van der Waals surface area contributed by atoms with Crippen molar-refractivity contribution in [3.8, 4) is 0 Å². The van der Waals surface area contributed by atoms with Gasteiger partial charge in [0.25, 0.3) is 0 Å². The molecule has 1 aromatic rings. The molecule has 1 aliphatic carbocycles. The van der Waals surface area contributed by atoms with Gasteiger partial charge in [0.1, 0.15) is 5.82 Å². The van der Waals surface area contributed by atoms with Crippen LogP contribution in [0.15, 0.2) is 12.1 Å². The minimum Gasteiger partial charge on any atom is -0.380 e. The summed E-state index contributed by atoms with van der Waals surface area (Å²) in [6, 6.07) is 1.58. The van der Waals surface area contributed by atoms with Crippen LogP contribution in [0.4, 0.5) is 18.9 Å². The molecular weight excluding hydrogens is 205 g/mol. The summed E-state index contributed by atoms with van der Waals surface area (Å²) in [5, 5.41) is 2.72. The molecule has 0 saturated heterocycles. The summed E-state index contributed by atoms with van der Waals surface area (Å²) in [4.78, 5) is 0. The first kappa shape index (κ1) is 10.3. The van der Waals surface area contributed by atoms with Crippen molar-refractivity contribution in [1.29, 1.82) is 0 Å². The molecule has 1 aromatic carbocycles. The lowest BCUT2D eigenvalue weighted by molar-refractivity contribution is 0.371. The van der Waals surface area contributed by atoms with Crippen molar-refractivity contribution in [3.63, 3.8) is 0 Å². The molecule has 1 fully saturated rings. The molecule has 2 rings (SSSR count). The van der Waals surface area contributed by atoms with Crippen LogP contribution in [0.3, 0.4) is 0 Å².